The molecule has 0 spiro atoms. The number of fused-ring (bicyclic) bond motifs is 1. The summed E-state index contributed by atoms with van der Waals surface area (Å²) in [7, 11) is 1.78. The summed E-state index contributed by atoms with van der Waals surface area (Å²) in [4.78, 5) is 2.50. The zero-order chi connectivity index (χ0) is 14.5. The van der Waals surface area contributed by atoms with Crippen molar-refractivity contribution < 1.29 is 9.47 Å². The summed E-state index contributed by atoms with van der Waals surface area (Å²) in [6, 6.07) is 7.27. The monoisotopic (exact) mass is 290 g/mol. The highest BCUT2D eigenvalue weighted by molar-refractivity contribution is 5.39. The number of methoxy groups -OCH3 is 1. The van der Waals surface area contributed by atoms with Crippen LogP contribution in [0.4, 0.5) is 0 Å². The van der Waals surface area contributed by atoms with E-state index in [1.807, 2.05) is 0 Å². The van der Waals surface area contributed by atoms with Gasteiger partial charge in [0.15, 0.2) is 0 Å². The lowest BCUT2D eigenvalue weighted by Crippen LogP contribution is -2.38. The quantitative estimate of drug-likeness (QED) is 0.830. The maximum Gasteiger partial charge on any atom is 0.122 e. The van der Waals surface area contributed by atoms with Gasteiger partial charge < -0.3 is 14.8 Å². The summed E-state index contributed by atoms with van der Waals surface area (Å²) in [6.45, 7) is 5.88. The van der Waals surface area contributed by atoms with Crippen LogP contribution in [0, 0.1) is 0 Å². The lowest BCUT2D eigenvalue weighted by molar-refractivity contribution is 0.138. The Kier molecular flexibility index (Phi) is 5.12. The molecule has 21 heavy (non-hydrogen) atoms. The summed E-state index contributed by atoms with van der Waals surface area (Å²) in [6.07, 6.45) is 3.64. The summed E-state index contributed by atoms with van der Waals surface area (Å²) in [5, 5.41) is 3.59. The average Bonchev–Trinajstić information content (AvgIpc) is 3.15. The van der Waals surface area contributed by atoms with Crippen molar-refractivity contribution in [3.8, 4) is 5.75 Å². The number of hydrogen-bond donors (Lipinski definition) is 1. The van der Waals surface area contributed by atoms with Gasteiger partial charge in [-0.05, 0) is 36.6 Å². The molecule has 0 amide bonds. The Hall–Kier alpha value is -1.10. The van der Waals surface area contributed by atoms with Gasteiger partial charge in [-0.25, -0.2) is 0 Å². The van der Waals surface area contributed by atoms with E-state index in [0.717, 1.165) is 45.0 Å². The van der Waals surface area contributed by atoms with Crippen LogP contribution in [0.3, 0.4) is 0 Å². The number of nitrogens with zero attached hydrogens (tertiary/aromatic N) is 1. The number of rotatable bonds is 7. The fraction of sp³-hybridized carbons (Fsp3) is 0.647. The van der Waals surface area contributed by atoms with Gasteiger partial charge in [0, 0.05) is 39.2 Å². The molecule has 1 aromatic carbocycles. The molecule has 1 aromatic rings. The van der Waals surface area contributed by atoms with E-state index < -0.39 is 0 Å². The average molecular weight is 290 g/mol. The largest absolute Gasteiger partial charge is 0.493 e. The predicted molar refractivity (Wildman–Crippen MR) is 83.8 cm³/mol. The van der Waals surface area contributed by atoms with Crippen LogP contribution in [-0.4, -0.2) is 50.9 Å². The molecule has 0 radical (unpaired) electrons. The van der Waals surface area contributed by atoms with E-state index in [0.29, 0.717) is 6.04 Å². The normalized spacial score (nSPS) is 20.8. The molecule has 4 heteroatoms. The molecule has 0 aliphatic carbocycles. The molecule has 2 aliphatic heterocycles. The van der Waals surface area contributed by atoms with Crippen molar-refractivity contribution in [2.24, 2.45) is 0 Å². The highest BCUT2D eigenvalue weighted by Crippen LogP contribution is 2.26. The molecular formula is C17H26N2O2. The second-order valence-electron chi connectivity index (χ2n) is 6.06. The van der Waals surface area contributed by atoms with Crippen LogP contribution in [0.1, 0.15) is 24.0 Å². The Labute approximate surface area is 127 Å². The number of benzene rings is 1. The van der Waals surface area contributed by atoms with Gasteiger partial charge in [0.25, 0.3) is 0 Å². The van der Waals surface area contributed by atoms with Crippen LogP contribution in [0.2, 0.25) is 0 Å². The highest BCUT2D eigenvalue weighted by atomic mass is 16.5. The zero-order valence-electron chi connectivity index (χ0n) is 12.9. The van der Waals surface area contributed by atoms with Crippen molar-refractivity contribution in [2.75, 3.05) is 40.0 Å². The van der Waals surface area contributed by atoms with Crippen LogP contribution in [-0.2, 0) is 17.7 Å². The summed E-state index contributed by atoms with van der Waals surface area (Å²) < 4.78 is 10.9. The molecule has 1 N–H and O–H groups in total. The van der Waals surface area contributed by atoms with Crippen molar-refractivity contribution >= 4 is 0 Å². The Morgan fingerprint density at radius 1 is 1.43 bits per heavy atom. The SMILES string of the molecule is COCCN(Cc1ccc2c(c1)CCO2)CC1CCCN1. The van der Waals surface area contributed by atoms with Gasteiger partial charge in [0.1, 0.15) is 5.75 Å². The topological polar surface area (TPSA) is 33.7 Å². The first-order chi connectivity index (χ1) is 10.3. The minimum absolute atomic E-state index is 0.639. The van der Waals surface area contributed by atoms with Gasteiger partial charge in [0.2, 0.25) is 0 Å². The van der Waals surface area contributed by atoms with Crippen molar-refractivity contribution in [3.05, 3.63) is 29.3 Å². The van der Waals surface area contributed by atoms with Crippen LogP contribution in [0.15, 0.2) is 18.2 Å². The third-order valence-corrected chi connectivity index (χ3v) is 4.41. The molecule has 1 atom stereocenters. The van der Waals surface area contributed by atoms with Gasteiger partial charge in [0.05, 0.1) is 13.2 Å². The molecule has 2 aliphatic rings. The Morgan fingerprint density at radius 3 is 3.19 bits per heavy atom. The third kappa shape index (κ3) is 3.96. The molecular weight excluding hydrogens is 264 g/mol. The molecule has 1 saturated heterocycles. The maximum absolute atomic E-state index is 5.59. The first-order valence-electron chi connectivity index (χ1n) is 8.04. The van der Waals surface area contributed by atoms with Gasteiger partial charge in [-0.2, -0.15) is 0 Å². The Morgan fingerprint density at radius 2 is 2.38 bits per heavy atom. The van der Waals surface area contributed by atoms with Gasteiger partial charge in [-0.3, -0.25) is 4.90 Å². The van der Waals surface area contributed by atoms with E-state index in [1.54, 1.807) is 7.11 Å². The first kappa shape index (κ1) is 14.8. The van der Waals surface area contributed by atoms with E-state index in [1.165, 1.54) is 30.5 Å². The number of nitrogens with one attached hydrogen (secondary N) is 1. The fourth-order valence-corrected chi connectivity index (χ4v) is 3.28. The molecule has 0 aromatic heterocycles. The second kappa shape index (κ2) is 7.25. The molecule has 4 nitrogen and oxygen atoms in total. The lowest BCUT2D eigenvalue weighted by atomic mass is 10.1. The lowest BCUT2D eigenvalue weighted by Gasteiger charge is -2.25. The first-order valence-corrected chi connectivity index (χ1v) is 8.04. The smallest absolute Gasteiger partial charge is 0.122 e. The minimum atomic E-state index is 0.639. The van der Waals surface area contributed by atoms with Crippen LogP contribution in [0.25, 0.3) is 0 Å². The van der Waals surface area contributed by atoms with E-state index in [2.05, 4.69) is 28.4 Å². The summed E-state index contributed by atoms with van der Waals surface area (Å²) in [5.41, 5.74) is 2.74. The van der Waals surface area contributed by atoms with Gasteiger partial charge in [-0.1, -0.05) is 12.1 Å². The van der Waals surface area contributed by atoms with Crippen molar-refractivity contribution in [1.82, 2.24) is 10.2 Å². The van der Waals surface area contributed by atoms with E-state index in [4.69, 9.17) is 9.47 Å². The van der Waals surface area contributed by atoms with Gasteiger partial charge in [-0.15, -0.1) is 0 Å². The maximum atomic E-state index is 5.59. The van der Waals surface area contributed by atoms with E-state index >= 15 is 0 Å². The molecule has 1 unspecified atom stereocenters. The molecule has 2 heterocycles. The van der Waals surface area contributed by atoms with Crippen molar-refractivity contribution in [3.63, 3.8) is 0 Å². The molecule has 0 bridgehead atoms. The van der Waals surface area contributed by atoms with Crippen LogP contribution < -0.4 is 10.1 Å². The van der Waals surface area contributed by atoms with Crippen molar-refractivity contribution in [2.45, 2.75) is 31.8 Å². The number of hydrogen-bond acceptors (Lipinski definition) is 4. The summed E-state index contributed by atoms with van der Waals surface area (Å²) >= 11 is 0. The standard InChI is InChI=1S/C17H26N2O2/c1-20-10-8-19(13-16-3-2-7-18-16)12-14-4-5-17-15(11-14)6-9-21-17/h4-5,11,16,18H,2-3,6-10,12-13H2,1H3. The van der Waals surface area contributed by atoms with E-state index in [-0.39, 0.29) is 0 Å². The van der Waals surface area contributed by atoms with Crippen LogP contribution in [0.5, 0.6) is 5.75 Å². The zero-order valence-corrected chi connectivity index (χ0v) is 12.9. The van der Waals surface area contributed by atoms with Crippen molar-refractivity contribution in [1.29, 1.82) is 0 Å². The molecule has 3 rings (SSSR count). The predicted octanol–water partition coefficient (Wildman–Crippen LogP) is 1.82. The Bertz CT molecular complexity index is 458. The molecule has 1 fully saturated rings. The van der Waals surface area contributed by atoms with E-state index in [9.17, 15) is 0 Å². The highest BCUT2D eigenvalue weighted by Gasteiger charge is 2.19. The minimum Gasteiger partial charge on any atom is -0.493 e. The van der Waals surface area contributed by atoms with Gasteiger partial charge >= 0.3 is 0 Å². The van der Waals surface area contributed by atoms with Crippen LogP contribution >= 0.6 is 0 Å². The summed E-state index contributed by atoms with van der Waals surface area (Å²) in [5.74, 6) is 1.07. The fourth-order valence-electron chi connectivity index (χ4n) is 3.28. The number of ether oxygens (including phenoxy) is 2. The third-order valence-electron chi connectivity index (χ3n) is 4.41. The Balaban J connectivity index is 1.62. The molecule has 116 valence electrons. The molecule has 0 saturated carbocycles. The second-order valence-corrected chi connectivity index (χ2v) is 6.06.